The van der Waals surface area contributed by atoms with Gasteiger partial charge in [0.2, 0.25) is 0 Å². The molecule has 144 valence electrons. The molecule has 8 heteroatoms. The van der Waals surface area contributed by atoms with Gasteiger partial charge in [-0.15, -0.1) is 6.58 Å². The van der Waals surface area contributed by atoms with Crippen LogP contribution in [-0.2, 0) is 29.3 Å². The Morgan fingerprint density at radius 3 is 2.31 bits per heavy atom. The first-order valence-electron chi connectivity index (χ1n) is 8.18. The molecule has 0 spiro atoms. The largest absolute Gasteiger partial charge is 0.467 e. The normalized spacial score (nSPS) is 12.3. The summed E-state index contributed by atoms with van der Waals surface area (Å²) in [6, 6.07) is 5.82. The summed E-state index contributed by atoms with van der Waals surface area (Å²) in [5.74, 6) is -0.868. The van der Waals surface area contributed by atoms with Crippen molar-refractivity contribution in [2.75, 3.05) is 21.3 Å². The molecule has 0 radical (unpaired) electrons. The lowest BCUT2D eigenvalue weighted by Crippen LogP contribution is -2.41. The number of unbranched alkanes of at least 4 members (excludes halogenated alkanes) is 1. The van der Waals surface area contributed by atoms with Crippen molar-refractivity contribution in [1.29, 1.82) is 0 Å². The topological polar surface area (TPSA) is 90.9 Å². The van der Waals surface area contributed by atoms with E-state index >= 15 is 0 Å². The van der Waals surface area contributed by atoms with Crippen molar-refractivity contribution in [2.24, 2.45) is 0 Å². The number of nitrogens with one attached hydrogen (secondary N) is 1. The molecule has 0 saturated heterocycles. The number of rotatable bonds is 11. The molecule has 0 aliphatic rings. The van der Waals surface area contributed by atoms with Crippen LogP contribution in [0, 0.1) is 0 Å². The first-order chi connectivity index (χ1) is 12.4. The molecule has 0 aromatic heterocycles. The SMILES string of the molecule is C=CCCC[C@H](NC(=O)c1ccc(CP(=O)(OC)OC)cc1)C(=O)OC. The highest BCUT2D eigenvalue weighted by Crippen LogP contribution is 2.49. The van der Waals surface area contributed by atoms with Gasteiger partial charge in [0.25, 0.3) is 5.91 Å². The van der Waals surface area contributed by atoms with Crippen LogP contribution in [0.5, 0.6) is 0 Å². The lowest BCUT2D eigenvalue weighted by atomic mass is 10.1. The van der Waals surface area contributed by atoms with Gasteiger partial charge in [-0.3, -0.25) is 9.36 Å². The predicted octanol–water partition coefficient (Wildman–Crippen LogP) is 3.30. The van der Waals surface area contributed by atoms with Crippen LogP contribution in [0.25, 0.3) is 0 Å². The average Bonchev–Trinajstić information content (AvgIpc) is 2.67. The van der Waals surface area contributed by atoms with E-state index in [1.807, 2.05) is 0 Å². The molecule has 1 amide bonds. The average molecular weight is 383 g/mol. The monoisotopic (exact) mass is 383 g/mol. The standard InChI is InChI=1S/C18H26NO6P/c1-5-6-7-8-16(18(21)23-2)19-17(20)15-11-9-14(10-12-15)13-26(22,24-3)25-4/h5,9-12,16H,1,6-8,13H2,2-4H3,(H,19,20)/t16-/m0/s1. The molecule has 1 aromatic rings. The van der Waals surface area contributed by atoms with E-state index in [4.69, 9.17) is 13.8 Å². The van der Waals surface area contributed by atoms with Gasteiger partial charge in [0.1, 0.15) is 6.04 Å². The summed E-state index contributed by atoms with van der Waals surface area (Å²) >= 11 is 0. The molecule has 7 nitrogen and oxygen atoms in total. The van der Waals surface area contributed by atoms with Crippen LogP contribution in [0.1, 0.15) is 35.2 Å². The van der Waals surface area contributed by atoms with E-state index in [0.717, 1.165) is 6.42 Å². The highest BCUT2D eigenvalue weighted by atomic mass is 31.2. The zero-order valence-corrected chi connectivity index (χ0v) is 16.3. The minimum Gasteiger partial charge on any atom is -0.467 e. The molecule has 0 fully saturated rings. The Kier molecular flexibility index (Phi) is 9.27. The molecule has 0 heterocycles. The van der Waals surface area contributed by atoms with Gasteiger partial charge in [0, 0.05) is 19.8 Å². The van der Waals surface area contributed by atoms with Crippen molar-refractivity contribution >= 4 is 19.5 Å². The first kappa shape index (κ1) is 22.1. The fraction of sp³-hybridized carbons (Fsp3) is 0.444. The number of carbonyl (C=O) groups is 2. The van der Waals surface area contributed by atoms with Gasteiger partial charge in [0.05, 0.1) is 13.3 Å². The quantitative estimate of drug-likeness (QED) is 0.273. The third kappa shape index (κ3) is 6.75. The minimum atomic E-state index is -3.17. The Labute approximate surface area is 154 Å². The van der Waals surface area contributed by atoms with E-state index in [0.29, 0.717) is 24.0 Å². The van der Waals surface area contributed by atoms with Crippen molar-refractivity contribution < 1.29 is 27.9 Å². The second-order valence-electron chi connectivity index (χ2n) is 5.60. The van der Waals surface area contributed by atoms with Gasteiger partial charge in [-0.2, -0.15) is 0 Å². The van der Waals surface area contributed by atoms with Crippen LogP contribution >= 0.6 is 7.60 Å². The molecule has 26 heavy (non-hydrogen) atoms. The summed E-state index contributed by atoms with van der Waals surface area (Å²) in [6.07, 6.45) is 3.79. The van der Waals surface area contributed by atoms with E-state index in [1.54, 1.807) is 30.3 Å². The molecule has 0 bridgehead atoms. The van der Waals surface area contributed by atoms with E-state index in [1.165, 1.54) is 21.3 Å². The fourth-order valence-corrected chi connectivity index (χ4v) is 3.35. The van der Waals surface area contributed by atoms with Gasteiger partial charge in [-0.1, -0.05) is 18.2 Å². The number of methoxy groups -OCH3 is 1. The number of benzene rings is 1. The maximum absolute atomic E-state index is 12.4. The highest BCUT2D eigenvalue weighted by molar-refractivity contribution is 7.52. The molecule has 0 unspecified atom stereocenters. The summed E-state index contributed by atoms with van der Waals surface area (Å²) < 4.78 is 26.7. The molecule has 1 rings (SSSR count). The maximum Gasteiger partial charge on any atom is 0.334 e. The summed E-state index contributed by atoms with van der Waals surface area (Å²) in [6.45, 7) is 3.64. The van der Waals surface area contributed by atoms with Gasteiger partial charge in [0.15, 0.2) is 0 Å². The number of esters is 1. The Morgan fingerprint density at radius 2 is 1.81 bits per heavy atom. The van der Waals surface area contributed by atoms with E-state index in [9.17, 15) is 14.2 Å². The molecule has 1 atom stereocenters. The van der Waals surface area contributed by atoms with E-state index in [-0.39, 0.29) is 12.1 Å². The van der Waals surface area contributed by atoms with E-state index in [2.05, 4.69) is 11.9 Å². The number of allylic oxidation sites excluding steroid dienone is 1. The van der Waals surface area contributed by atoms with Crippen molar-refractivity contribution in [3.63, 3.8) is 0 Å². The Hall–Kier alpha value is -1.95. The smallest absolute Gasteiger partial charge is 0.334 e. The van der Waals surface area contributed by atoms with E-state index < -0.39 is 19.6 Å². The van der Waals surface area contributed by atoms with Crippen LogP contribution in [0.4, 0.5) is 0 Å². The molecular formula is C18H26NO6P. The molecule has 1 N–H and O–H groups in total. The number of hydrogen-bond donors (Lipinski definition) is 1. The van der Waals surface area contributed by atoms with Crippen LogP contribution in [0.3, 0.4) is 0 Å². The van der Waals surface area contributed by atoms with Crippen molar-refractivity contribution in [1.82, 2.24) is 5.32 Å². The number of hydrogen-bond acceptors (Lipinski definition) is 6. The summed E-state index contributed by atoms with van der Waals surface area (Å²) in [5, 5.41) is 2.68. The van der Waals surface area contributed by atoms with Crippen LogP contribution in [0.15, 0.2) is 36.9 Å². The highest BCUT2D eigenvalue weighted by Gasteiger charge is 2.23. The van der Waals surface area contributed by atoms with Crippen LogP contribution < -0.4 is 5.32 Å². The lowest BCUT2D eigenvalue weighted by Gasteiger charge is -2.16. The third-order valence-electron chi connectivity index (χ3n) is 3.84. The Bertz CT molecular complexity index is 650. The molecule has 0 aliphatic heterocycles. The Morgan fingerprint density at radius 1 is 1.19 bits per heavy atom. The molecule has 0 saturated carbocycles. The van der Waals surface area contributed by atoms with Crippen molar-refractivity contribution in [3.8, 4) is 0 Å². The van der Waals surface area contributed by atoms with Crippen molar-refractivity contribution in [3.05, 3.63) is 48.0 Å². The van der Waals surface area contributed by atoms with Crippen molar-refractivity contribution in [2.45, 2.75) is 31.5 Å². The summed E-state index contributed by atoms with van der Waals surface area (Å²) in [4.78, 5) is 24.2. The Balaban J connectivity index is 2.77. The summed E-state index contributed by atoms with van der Waals surface area (Å²) in [5.41, 5.74) is 1.10. The number of ether oxygens (including phenoxy) is 1. The first-order valence-corrected chi connectivity index (χ1v) is 9.91. The molecule has 0 aliphatic carbocycles. The molecular weight excluding hydrogens is 357 g/mol. The predicted molar refractivity (Wildman–Crippen MR) is 99.1 cm³/mol. The zero-order valence-electron chi connectivity index (χ0n) is 15.4. The zero-order chi connectivity index (χ0) is 19.6. The maximum atomic E-state index is 12.4. The fourth-order valence-electron chi connectivity index (χ4n) is 2.29. The second-order valence-corrected chi connectivity index (χ2v) is 7.87. The van der Waals surface area contributed by atoms with Gasteiger partial charge >= 0.3 is 13.6 Å². The van der Waals surface area contributed by atoms with Gasteiger partial charge < -0.3 is 19.1 Å². The van der Waals surface area contributed by atoms with Crippen LogP contribution in [0.2, 0.25) is 0 Å². The number of carbonyl (C=O) groups excluding carboxylic acids is 2. The lowest BCUT2D eigenvalue weighted by molar-refractivity contribution is -0.143. The number of amides is 1. The van der Waals surface area contributed by atoms with Gasteiger partial charge in [-0.25, -0.2) is 4.79 Å². The second kappa shape index (κ2) is 10.9. The van der Waals surface area contributed by atoms with Gasteiger partial charge in [-0.05, 0) is 37.0 Å². The minimum absolute atomic E-state index is 0.105. The third-order valence-corrected chi connectivity index (χ3v) is 5.71. The molecule has 1 aromatic carbocycles. The van der Waals surface area contributed by atoms with Crippen LogP contribution in [-0.4, -0.2) is 39.2 Å². The summed E-state index contributed by atoms with van der Waals surface area (Å²) in [7, 11) is 0.768.